The van der Waals surface area contributed by atoms with Gasteiger partial charge in [-0.2, -0.15) is 0 Å². The van der Waals surface area contributed by atoms with Gasteiger partial charge in [0.2, 0.25) is 0 Å². The third-order valence-electron chi connectivity index (χ3n) is 8.35. The van der Waals surface area contributed by atoms with E-state index in [1.165, 1.54) is 0 Å². The molecule has 0 saturated carbocycles. The Labute approximate surface area is 281 Å². The fourth-order valence-electron chi connectivity index (χ4n) is 6.19. The van der Waals surface area contributed by atoms with Gasteiger partial charge in [0.15, 0.2) is 17.5 Å². The van der Waals surface area contributed by atoms with Crippen molar-refractivity contribution < 1.29 is 0 Å². The van der Waals surface area contributed by atoms with Gasteiger partial charge in [-0.3, -0.25) is 0 Å². The Morgan fingerprint density at radius 2 is 0.521 bits per heavy atom. The lowest BCUT2D eigenvalue weighted by molar-refractivity contribution is 1.06. The number of rotatable bonds is 6. The van der Waals surface area contributed by atoms with Gasteiger partial charge in [-0.25, -0.2) is 29.9 Å². The lowest BCUT2D eigenvalue weighted by atomic mass is 9.90. The van der Waals surface area contributed by atoms with Crippen molar-refractivity contribution in [1.82, 2.24) is 29.9 Å². The summed E-state index contributed by atoms with van der Waals surface area (Å²) in [6.07, 6.45) is 0. The summed E-state index contributed by atoms with van der Waals surface area (Å²) < 4.78 is 0. The summed E-state index contributed by atoms with van der Waals surface area (Å²) in [5.74, 6) is 2.23. The van der Waals surface area contributed by atoms with Crippen molar-refractivity contribution in [2.45, 2.75) is 41.5 Å². The van der Waals surface area contributed by atoms with Gasteiger partial charge in [0, 0.05) is 50.9 Å². The molecule has 48 heavy (non-hydrogen) atoms. The first-order valence-electron chi connectivity index (χ1n) is 16.1. The molecule has 0 unspecified atom stereocenters. The fourth-order valence-corrected chi connectivity index (χ4v) is 6.19. The van der Waals surface area contributed by atoms with Gasteiger partial charge in [0.05, 0.1) is 0 Å². The van der Waals surface area contributed by atoms with E-state index < -0.39 is 0 Å². The summed E-state index contributed by atoms with van der Waals surface area (Å²) in [4.78, 5) is 28.0. The van der Waals surface area contributed by atoms with Crippen LogP contribution in [-0.4, -0.2) is 29.9 Å². The molecular weight excluding hydrogens is 589 g/mol. The van der Waals surface area contributed by atoms with E-state index in [9.17, 15) is 0 Å². The molecule has 0 bridgehead atoms. The molecule has 0 aliphatic rings. The number of hydrogen-bond acceptors (Lipinski definition) is 6. The van der Waals surface area contributed by atoms with E-state index in [-0.39, 0.29) is 0 Å². The normalized spacial score (nSPS) is 11.1. The number of aryl methyl sites for hydroxylation is 6. The van der Waals surface area contributed by atoms with Crippen LogP contribution < -0.4 is 0 Å². The van der Waals surface area contributed by atoms with Crippen molar-refractivity contribution in [3.8, 4) is 67.5 Å². The Bertz CT molecular complexity index is 2210. The van der Waals surface area contributed by atoms with E-state index >= 15 is 0 Å². The summed E-state index contributed by atoms with van der Waals surface area (Å²) in [5, 5.41) is 0. The molecule has 3 aromatic heterocycles. The van der Waals surface area contributed by atoms with E-state index in [4.69, 9.17) is 0 Å². The smallest absolute Gasteiger partial charge is 0.159 e. The van der Waals surface area contributed by atoms with E-state index in [2.05, 4.69) is 121 Å². The maximum Gasteiger partial charge on any atom is 0.159 e. The Balaban J connectivity index is 1.29. The van der Waals surface area contributed by atoms with Crippen molar-refractivity contribution >= 4 is 0 Å². The van der Waals surface area contributed by atoms with E-state index in [1.807, 2.05) is 59.7 Å². The molecule has 0 amide bonds. The molecule has 0 radical (unpaired) electrons. The molecule has 0 aliphatic carbocycles. The highest BCUT2D eigenvalue weighted by atomic mass is 14.9. The first-order valence-corrected chi connectivity index (χ1v) is 16.1. The molecule has 0 fully saturated rings. The summed E-state index contributed by atoms with van der Waals surface area (Å²) >= 11 is 0. The Hall–Kier alpha value is -5.88. The minimum atomic E-state index is 0.741. The highest BCUT2D eigenvalue weighted by Gasteiger charge is 2.13. The van der Waals surface area contributed by atoms with Crippen LogP contribution in [0.1, 0.15) is 34.2 Å². The molecule has 7 rings (SSSR count). The lowest BCUT2D eigenvalue weighted by Gasteiger charge is -2.15. The summed E-state index contributed by atoms with van der Waals surface area (Å²) in [5.41, 5.74) is 15.5. The molecular formula is C42H36N6. The van der Waals surface area contributed by atoms with Gasteiger partial charge in [0.1, 0.15) is 0 Å². The molecule has 0 saturated heterocycles. The monoisotopic (exact) mass is 624 g/mol. The molecule has 234 valence electrons. The van der Waals surface area contributed by atoms with Crippen LogP contribution in [0.3, 0.4) is 0 Å². The average Bonchev–Trinajstić information content (AvgIpc) is 3.07. The van der Waals surface area contributed by atoms with Crippen molar-refractivity contribution in [3.05, 3.63) is 143 Å². The highest BCUT2D eigenvalue weighted by molar-refractivity contribution is 5.88. The van der Waals surface area contributed by atoms with Crippen LogP contribution in [0, 0.1) is 41.5 Å². The molecule has 4 aromatic carbocycles. The standard InChI is InChI=1S/C42H36N6/c1-25-21-26(2)44-40(43-25)34-13-7-31(8-14-34)37-19-20-38(32-9-15-35(16-10-32)41-45-27(3)22-28(4)46-41)39(24-37)33-11-17-36(18-12-33)42-47-29(5)23-30(6)48-42/h7-24H,1-6H3. The summed E-state index contributed by atoms with van der Waals surface area (Å²) in [6, 6.07) is 38.2. The van der Waals surface area contributed by atoms with E-state index in [0.29, 0.717) is 0 Å². The zero-order chi connectivity index (χ0) is 33.4. The van der Waals surface area contributed by atoms with Crippen LogP contribution in [0.2, 0.25) is 0 Å². The second-order valence-electron chi connectivity index (χ2n) is 12.4. The Kier molecular flexibility index (Phi) is 8.15. The van der Waals surface area contributed by atoms with Gasteiger partial charge in [-0.05, 0) is 99.2 Å². The lowest BCUT2D eigenvalue weighted by Crippen LogP contribution is -1.95. The number of nitrogens with zero attached hydrogens (tertiary/aromatic N) is 6. The van der Waals surface area contributed by atoms with Gasteiger partial charge in [-0.15, -0.1) is 0 Å². The first kappa shape index (κ1) is 30.8. The summed E-state index contributed by atoms with van der Waals surface area (Å²) in [6.45, 7) is 12.0. The largest absolute Gasteiger partial charge is 0.233 e. The fraction of sp³-hybridized carbons (Fsp3) is 0.143. The molecule has 6 heteroatoms. The van der Waals surface area contributed by atoms with Gasteiger partial charge < -0.3 is 0 Å². The average molecular weight is 625 g/mol. The summed E-state index contributed by atoms with van der Waals surface area (Å²) in [7, 11) is 0. The molecule has 0 spiro atoms. The minimum absolute atomic E-state index is 0.741. The quantitative estimate of drug-likeness (QED) is 0.183. The minimum Gasteiger partial charge on any atom is -0.233 e. The molecule has 0 N–H and O–H groups in total. The maximum atomic E-state index is 4.68. The topological polar surface area (TPSA) is 77.3 Å². The van der Waals surface area contributed by atoms with Crippen LogP contribution in [0.25, 0.3) is 67.5 Å². The molecule has 6 nitrogen and oxygen atoms in total. The molecule has 3 heterocycles. The van der Waals surface area contributed by atoms with E-state index in [0.717, 1.165) is 102 Å². The predicted molar refractivity (Wildman–Crippen MR) is 194 cm³/mol. The van der Waals surface area contributed by atoms with Crippen LogP contribution in [0.4, 0.5) is 0 Å². The zero-order valence-corrected chi connectivity index (χ0v) is 28.1. The van der Waals surface area contributed by atoms with Crippen molar-refractivity contribution in [2.75, 3.05) is 0 Å². The Morgan fingerprint density at radius 3 is 0.875 bits per heavy atom. The van der Waals surface area contributed by atoms with Crippen LogP contribution in [0.5, 0.6) is 0 Å². The first-order chi connectivity index (χ1) is 23.2. The second-order valence-corrected chi connectivity index (χ2v) is 12.4. The third-order valence-corrected chi connectivity index (χ3v) is 8.35. The SMILES string of the molecule is Cc1cc(C)nc(-c2ccc(-c3ccc(-c4ccc(-c5nc(C)cc(C)n5)cc4)c(-c4ccc(-c5nc(C)cc(C)n5)cc4)c3)cc2)n1. The van der Waals surface area contributed by atoms with E-state index in [1.54, 1.807) is 0 Å². The highest BCUT2D eigenvalue weighted by Crippen LogP contribution is 2.37. The second kappa shape index (κ2) is 12.7. The van der Waals surface area contributed by atoms with Gasteiger partial charge in [0.25, 0.3) is 0 Å². The molecule has 0 atom stereocenters. The van der Waals surface area contributed by atoms with Gasteiger partial charge in [-0.1, -0.05) is 84.9 Å². The number of benzene rings is 4. The molecule has 0 aliphatic heterocycles. The van der Waals surface area contributed by atoms with Crippen LogP contribution >= 0.6 is 0 Å². The third kappa shape index (κ3) is 6.51. The van der Waals surface area contributed by atoms with Crippen molar-refractivity contribution in [3.63, 3.8) is 0 Å². The van der Waals surface area contributed by atoms with Crippen molar-refractivity contribution in [2.24, 2.45) is 0 Å². The van der Waals surface area contributed by atoms with Crippen molar-refractivity contribution in [1.29, 1.82) is 0 Å². The van der Waals surface area contributed by atoms with Gasteiger partial charge >= 0.3 is 0 Å². The van der Waals surface area contributed by atoms with Crippen LogP contribution in [0.15, 0.2) is 109 Å². The number of hydrogen-bond donors (Lipinski definition) is 0. The molecule has 7 aromatic rings. The van der Waals surface area contributed by atoms with Crippen LogP contribution in [-0.2, 0) is 0 Å². The maximum absolute atomic E-state index is 4.68. The predicted octanol–water partition coefficient (Wildman–Crippen LogP) is 9.91. The Morgan fingerprint density at radius 1 is 0.250 bits per heavy atom. The number of aromatic nitrogens is 6. The zero-order valence-electron chi connectivity index (χ0n) is 28.1.